The molecule has 2 atom stereocenters. The van der Waals surface area contributed by atoms with Gasteiger partial charge in [-0.1, -0.05) is 6.07 Å². The SMILES string of the molecule is CC(NC(=O)c1ccncc1)C(c1cccs1)N1CCN(C)CC1. The van der Waals surface area contributed by atoms with Crippen molar-refractivity contribution in [3.8, 4) is 0 Å². The average molecular weight is 344 g/mol. The molecule has 2 unspecified atom stereocenters. The fourth-order valence-electron chi connectivity index (χ4n) is 3.17. The first-order chi connectivity index (χ1) is 11.6. The summed E-state index contributed by atoms with van der Waals surface area (Å²) in [5.41, 5.74) is 0.653. The molecule has 2 aromatic heterocycles. The van der Waals surface area contributed by atoms with Gasteiger partial charge in [0.2, 0.25) is 0 Å². The molecule has 6 heteroatoms. The third-order valence-electron chi connectivity index (χ3n) is 4.54. The summed E-state index contributed by atoms with van der Waals surface area (Å²) in [6, 6.07) is 8.00. The molecular weight excluding hydrogens is 320 g/mol. The molecule has 5 nitrogen and oxygen atoms in total. The summed E-state index contributed by atoms with van der Waals surface area (Å²) in [6.07, 6.45) is 3.30. The number of hydrogen-bond acceptors (Lipinski definition) is 5. The van der Waals surface area contributed by atoms with Crippen LogP contribution in [0, 0.1) is 0 Å². The molecule has 0 aliphatic carbocycles. The molecule has 0 bridgehead atoms. The number of piperazine rings is 1. The van der Waals surface area contributed by atoms with Crippen molar-refractivity contribution in [3.63, 3.8) is 0 Å². The molecular formula is C18H24N4OS. The van der Waals surface area contributed by atoms with E-state index >= 15 is 0 Å². The highest BCUT2D eigenvalue weighted by Gasteiger charge is 2.30. The van der Waals surface area contributed by atoms with Crippen LogP contribution in [0.15, 0.2) is 42.0 Å². The minimum atomic E-state index is -0.0411. The Labute approximate surface area is 147 Å². The van der Waals surface area contributed by atoms with Gasteiger partial charge in [0.05, 0.1) is 6.04 Å². The largest absolute Gasteiger partial charge is 0.348 e. The van der Waals surface area contributed by atoms with Crippen LogP contribution >= 0.6 is 11.3 Å². The first-order valence-electron chi connectivity index (χ1n) is 8.32. The maximum absolute atomic E-state index is 12.5. The molecule has 0 saturated carbocycles. The number of carbonyl (C=O) groups is 1. The Kier molecular flexibility index (Phi) is 5.60. The Morgan fingerprint density at radius 3 is 2.54 bits per heavy atom. The summed E-state index contributed by atoms with van der Waals surface area (Å²) in [6.45, 7) is 6.27. The van der Waals surface area contributed by atoms with Crippen LogP contribution in [0.1, 0.15) is 28.2 Å². The molecule has 1 fully saturated rings. The normalized spacial score (nSPS) is 18.9. The van der Waals surface area contributed by atoms with Crippen molar-refractivity contribution >= 4 is 17.2 Å². The smallest absolute Gasteiger partial charge is 0.251 e. The molecule has 1 aliphatic heterocycles. The van der Waals surface area contributed by atoms with Gasteiger partial charge in [-0.05, 0) is 37.6 Å². The number of pyridine rings is 1. The summed E-state index contributed by atoms with van der Waals surface area (Å²) in [5, 5.41) is 5.28. The lowest BCUT2D eigenvalue weighted by atomic mass is 10.0. The second-order valence-corrected chi connectivity index (χ2v) is 7.28. The molecule has 1 saturated heterocycles. The van der Waals surface area contributed by atoms with E-state index in [0.717, 1.165) is 26.2 Å². The van der Waals surface area contributed by atoms with Crippen molar-refractivity contribution in [2.45, 2.75) is 19.0 Å². The van der Waals surface area contributed by atoms with Gasteiger partial charge in [0.15, 0.2) is 0 Å². The van der Waals surface area contributed by atoms with Crippen molar-refractivity contribution in [1.82, 2.24) is 20.1 Å². The molecule has 128 valence electrons. The van der Waals surface area contributed by atoms with Gasteiger partial charge in [-0.2, -0.15) is 0 Å². The van der Waals surface area contributed by atoms with Crippen LogP contribution in [-0.4, -0.2) is 60.0 Å². The molecule has 24 heavy (non-hydrogen) atoms. The first-order valence-corrected chi connectivity index (χ1v) is 9.20. The number of likely N-dealkylation sites (N-methyl/N-ethyl adjacent to an activating group) is 1. The van der Waals surface area contributed by atoms with Gasteiger partial charge in [0.25, 0.3) is 5.91 Å². The van der Waals surface area contributed by atoms with Crippen molar-refractivity contribution in [1.29, 1.82) is 0 Å². The maximum Gasteiger partial charge on any atom is 0.251 e. The van der Waals surface area contributed by atoms with E-state index < -0.39 is 0 Å². The lowest BCUT2D eigenvalue weighted by Crippen LogP contribution is -2.51. The van der Waals surface area contributed by atoms with E-state index in [2.05, 4.69) is 51.6 Å². The predicted octanol–water partition coefficient (Wildman–Crippen LogP) is 2.25. The van der Waals surface area contributed by atoms with Crippen LogP contribution in [0.3, 0.4) is 0 Å². The monoisotopic (exact) mass is 344 g/mol. The second kappa shape index (κ2) is 7.88. The van der Waals surface area contributed by atoms with Crippen molar-refractivity contribution < 1.29 is 4.79 Å². The lowest BCUT2D eigenvalue weighted by molar-refractivity contribution is 0.0799. The molecule has 1 amide bonds. The molecule has 0 spiro atoms. The lowest BCUT2D eigenvalue weighted by Gasteiger charge is -2.40. The number of hydrogen-bond donors (Lipinski definition) is 1. The van der Waals surface area contributed by atoms with E-state index in [0.29, 0.717) is 5.56 Å². The average Bonchev–Trinajstić information content (AvgIpc) is 3.11. The minimum Gasteiger partial charge on any atom is -0.348 e. The van der Waals surface area contributed by atoms with E-state index in [9.17, 15) is 4.79 Å². The first kappa shape index (κ1) is 17.1. The molecule has 1 aliphatic rings. The zero-order valence-electron chi connectivity index (χ0n) is 14.2. The standard InChI is InChI=1S/C18H24N4OS/c1-14(20-18(23)15-5-7-19-8-6-15)17(16-4-3-13-24-16)22-11-9-21(2)10-12-22/h3-8,13-14,17H,9-12H2,1-2H3,(H,20,23). The van der Waals surface area contributed by atoms with Crippen LogP contribution in [0.4, 0.5) is 0 Å². The van der Waals surface area contributed by atoms with E-state index in [-0.39, 0.29) is 18.0 Å². The highest BCUT2D eigenvalue weighted by atomic mass is 32.1. The Morgan fingerprint density at radius 2 is 1.92 bits per heavy atom. The van der Waals surface area contributed by atoms with E-state index in [1.165, 1.54) is 4.88 Å². The summed E-state index contributed by atoms with van der Waals surface area (Å²) in [5.74, 6) is -0.0411. The quantitative estimate of drug-likeness (QED) is 0.904. The zero-order chi connectivity index (χ0) is 16.9. The Balaban J connectivity index is 1.74. The minimum absolute atomic E-state index is 0.0349. The van der Waals surface area contributed by atoms with Crippen LogP contribution in [0.2, 0.25) is 0 Å². The topological polar surface area (TPSA) is 48.5 Å². The Bertz CT molecular complexity index is 638. The van der Waals surface area contributed by atoms with Gasteiger partial charge in [-0.3, -0.25) is 14.7 Å². The van der Waals surface area contributed by atoms with Gasteiger partial charge in [0, 0.05) is 55.1 Å². The molecule has 1 N–H and O–H groups in total. The number of amides is 1. The van der Waals surface area contributed by atoms with Crippen LogP contribution in [0.25, 0.3) is 0 Å². The molecule has 0 aromatic carbocycles. The predicted molar refractivity (Wildman–Crippen MR) is 97.3 cm³/mol. The van der Waals surface area contributed by atoms with E-state index in [1.54, 1.807) is 35.9 Å². The number of rotatable bonds is 5. The van der Waals surface area contributed by atoms with Crippen molar-refractivity contribution in [2.75, 3.05) is 33.2 Å². The van der Waals surface area contributed by atoms with E-state index in [1.807, 2.05) is 0 Å². The van der Waals surface area contributed by atoms with Gasteiger partial charge in [0.1, 0.15) is 0 Å². The highest BCUT2D eigenvalue weighted by Crippen LogP contribution is 2.29. The van der Waals surface area contributed by atoms with Crippen molar-refractivity contribution in [2.24, 2.45) is 0 Å². The molecule has 3 rings (SSSR count). The number of thiophene rings is 1. The van der Waals surface area contributed by atoms with Gasteiger partial charge in [-0.25, -0.2) is 0 Å². The fraction of sp³-hybridized carbons (Fsp3) is 0.444. The molecule has 2 aromatic rings. The van der Waals surface area contributed by atoms with Crippen molar-refractivity contribution in [3.05, 3.63) is 52.5 Å². The third-order valence-corrected chi connectivity index (χ3v) is 5.48. The summed E-state index contributed by atoms with van der Waals surface area (Å²) in [7, 11) is 2.16. The third kappa shape index (κ3) is 4.01. The molecule has 0 radical (unpaired) electrons. The molecule has 3 heterocycles. The van der Waals surface area contributed by atoms with Gasteiger partial charge < -0.3 is 10.2 Å². The highest BCUT2D eigenvalue weighted by molar-refractivity contribution is 7.10. The van der Waals surface area contributed by atoms with E-state index in [4.69, 9.17) is 0 Å². The summed E-state index contributed by atoms with van der Waals surface area (Å²) < 4.78 is 0. The maximum atomic E-state index is 12.5. The van der Waals surface area contributed by atoms with Crippen LogP contribution in [-0.2, 0) is 0 Å². The van der Waals surface area contributed by atoms with Crippen LogP contribution in [0.5, 0.6) is 0 Å². The van der Waals surface area contributed by atoms with Gasteiger partial charge in [-0.15, -0.1) is 11.3 Å². The summed E-state index contributed by atoms with van der Waals surface area (Å²) >= 11 is 1.76. The number of carbonyl (C=O) groups excluding carboxylic acids is 1. The number of aromatic nitrogens is 1. The Morgan fingerprint density at radius 1 is 1.21 bits per heavy atom. The summed E-state index contributed by atoms with van der Waals surface area (Å²) in [4.78, 5) is 22.6. The zero-order valence-corrected chi connectivity index (χ0v) is 15.0. The Hall–Kier alpha value is -1.76. The fourth-order valence-corrected chi connectivity index (χ4v) is 4.14. The van der Waals surface area contributed by atoms with Gasteiger partial charge >= 0.3 is 0 Å². The van der Waals surface area contributed by atoms with Crippen LogP contribution < -0.4 is 5.32 Å². The number of nitrogens with zero attached hydrogens (tertiary/aromatic N) is 3. The number of nitrogens with one attached hydrogen (secondary N) is 1. The second-order valence-electron chi connectivity index (χ2n) is 6.30.